The first-order valence-electron chi connectivity index (χ1n) is 6.27. The fourth-order valence-electron chi connectivity index (χ4n) is 1.89. The molecule has 2 aromatic carbocycles. The third-order valence-electron chi connectivity index (χ3n) is 2.88. The van der Waals surface area contributed by atoms with Gasteiger partial charge in [0.15, 0.2) is 0 Å². The van der Waals surface area contributed by atoms with Gasteiger partial charge in [0, 0.05) is 22.0 Å². The Labute approximate surface area is 136 Å². The van der Waals surface area contributed by atoms with E-state index in [0.717, 1.165) is 16.3 Å². The molecule has 0 unspecified atom stereocenters. The molecule has 2 nitrogen and oxygen atoms in total. The van der Waals surface area contributed by atoms with Gasteiger partial charge in [0.1, 0.15) is 11.5 Å². The maximum Gasteiger partial charge on any atom is 0.128 e. The van der Waals surface area contributed by atoms with E-state index in [2.05, 4.69) is 4.98 Å². The number of hydrogen-bond donors (Lipinski definition) is 0. The molecule has 0 aliphatic carbocycles. The van der Waals surface area contributed by atoms with Crippen molar-refractivity contribution in [3.05, 3.63) is 62.9 Å². The normalized spacial score (nSPS) is 10.6. The van der Waals surface area contributed by atoms with Crippen LogP contribution in [-0.4, -0.2) is 4.98 Å². The van der Waals surface area contributed by atoms with Gasteiger partial charge in [-0.25, -0.2) is 4.98 Å². The third kappa shape index (κ3) is 3.38. The Kier molecular flexibility index (Phi) is 4.15. The molecule has 0 saturated carbocycles. The van der Waals surface area contributed by atoms with Crippen molar-refractivity contribution in [3.63, 3.8) is 0 Å². The summed E-state index contributed by atoms with van der Waals surface area (Å²) in [7, 11) is 0. The van der Waals surface area contributed by atoms with Crippen molar-refractivity contribution < 1.29 is 4.74 Å². The van der Waals surface area contributed by atoms with Crippen molar-refractivity contribution in [3.8, 4) is 22.8 Å². The van der Waals surface area contributed by atoms with Crippen LogP contribution in [0.5, 0.6) is 11.5 Å². The second-order valence-corrected chi connectivity index (χ2v) is 6.36. The molecule has 0 aliphatic rings. The Balaban J connectivity index is 1.85. The zero-order valence-electron chi connectivity index (χ0n) is 11.1. The number of rotatable bonds is 3. The highest BCUT2D eigenvalue weighted by Gasteiger charge is 2.08. The Morgan fingerprint density at radius 2 is 1.71 bits per heavy atom. The number of ether oxygens (including phenoxy) is 1. The molecule has 3 aromatic rings. The van der Waals surface area contributed by atoms with Gasteiger partial charge >= 0.3 is 0 Å². The quantitative estimate of drug-likeness (QED) is 0.566. The van der Waals surface area contributed by atoms with Gasteiger partial charge in [-0.1, -0.05) is 23.2 Å². The molecule has 0 radical (unpaired) electrons. The topological polar surface area (TPSA) is 22.1 Å². The van der Waals surface area contributed by atoms with Crippen LogP contribution >= 0.6 is 34.5 Å². The van der Waals surface area contributed by atoms with Gasteiger partial charge in [-0.2, -0.15) is 0 Å². The predicted molar refractivity (Wildman–Crippen MR) is 88.8 cm³/mol. The van der Waals surface area contributed by atoms with Crippen LogP contribution in [0.25, 0.3) is 11.3 Å². The van der Waals surface area contributed by atoms with Crippen molar-refractivity contribution in [2.75, 3.05) is 0 Å². The van der Waals surface area contributed by atoms with E-state index in [-0.39, 0.29) is 0 Å². The summed E-state index contributed by atoms with van der Waals surface area (Å²) in [6.45, 7) is 1.97. The molecular formula is C16H11Cl2NOS. The number of halogens is 2. The standard InChI is InChI=1S/C16H11Cl2NOS/c1-10-19-16(9-21-10)14-7-6-13(8-15(14)18)20-12-4-2-11(17)3-5-12/h2-9H,1H3. The van der Waals surface area contributed by atoms with Crippen LogP contribution in [0.2, 0.25) is 10.0 Å². The minimum Gasteiger partial charge on any atom is -0.457 e. The van der Waals surface area contributed by atoms with Crippen LogP contribution < -0.4 is 4.74 Å². The molecule has 0 atom stereocenters. The molecule has 0 aliphatic heterocycles. The molecule has 0 fully saturated rings. The van der Waals surface area contributed by atoms with E-state index in [1.807, 2.05) is 36.6 Å². The lowest BCUT2D eigenvalue weighted by Crippen LogP contribution is -1.86. The molecule has 1 heterocycles. The molecule has 106 valence electrons. The SMILES string of the molecule is Cc1nc(-c2ccc(Oc3ccc(Cl)cc3)cc2Cl)cs1. The highest BCUT2D eigenvalue weighted by atomic mass is 35.5. The Morgan fingerprint density at radius 1 is 1.00 bits per heavy atom. The maximum atomic E-state index is 6.33. The number of aromatic nitrogens is 1. The Hall–Kier alpha value is -1.55. The second-order valence-electron chi connectivity index (χ2n) is 4.45. The van der Waals surface area contributed by atoms with Crippen molar-refractivity contribution in [1.29, 1.82) is 0 Å². The molecule has 0 N–H and O–H groups in total. The van der Waals surface area contributed by atoms with Crippen LogP contribution in [0.1, 0.15) is 5.01 Å². The molecule has 0 saturated heterocycles. The van der Waals surface area contributed by atoms with Gasteiger partial charge in [-0.15, -0.1) is 11.3 Å². The van der Waals surface area contributed by atoms with E-state index in [9.17, 15) is 0 Å². The summed E-state index contributed by atoms with van der Waals surface area (Å²) in [5.74, 6) is 1.39. The molecule has 21 heavy (non-hydrogen) atoms. The van der Waals surface area contributed by atoms with Crippen LogP contribution in [0.15, 0.2) is 47.8 Å². The number of benzene rings is 2. The molecular weight excluding hydrogens is 325 g/mol. The van der Waals surface area contributed by atoms with E-state index >= 15 is 0 Å². The Morgan fingerprint density at radius 3 is 2.33 bits per heavy atom. The first-order valence-corrected chi connectivity index (χ1v) is 7.91. The van der Waals surface area contributed by atoms with E-state index in [4.69, 9.17) is 27.9 Å². The van der Waals surface area contributed by atoms with E-state index in [0.29, 0.717) is 21.5 Å². The number of hydrogen-bond acceptors (Lipinski definition) is 3. The average Bonchev–Trinajstić information content (AvgIpc) is 2.88. The fourth-order valence-corrected chi connectivity index (χ4v) is 2.90. The molecule has 5 heteroatoms. The minimum atomic E-state index is 0.617. The molecule has 3 rings (SSSR count). The Bertz CT molecular complexity index is 768. The van der Waals surface area contributed by atoms with Crippen LogP contribution in [0.3, 0.4) is 0 Å². The van der Waals surface area contributed by atoms with Gasteiger partial charge in [-0.05, 0) is 43.3 Å². The minimum absolute atomic E-state index is 0.617. The average molecular weight is 336 g/mol. The van der Waals surface area contributed by atoms with Crippen LogP contribution in [0, 0.1) is 6.92 Å². The highest BCUT2D eigenvalue weighted by Crippen LogP contribution is 2.33. The van der Waals surface area contributed by atoms with Crippen LogP contribution in [-0.2, 0) is 0 Å². The second kappa shape index (κ2) is 6.06. The smallest absolute Gasteiger partial charge is 0.128 e. The molecule has 0 amide bonds. The van der Waals surface area contributed by atoms with Crippen molar-refractivity contribution in [2.45, 2.75) is 6.92 Å². The van der Waals surface area contributed by atoms with Crippen molar-refractivity contribution >= 4 is 34.5 Å². The lowest BCUT2D eigenvalue weighted by molar-refractivity contribution is 0.483. The monoisotopic (exact) mass is 335 g/mol. The van der Waals surface area contributed by atoms with Crippen molar-refractivity contribution in [2.24, 2.45) is 0 Å². The van der Waals surface area contributed by atoms with E-state index in [1.165, 1.54) is 0 Å². The summed E-state index contributed by atoms with van der Waals surface area (Å²) in [6, 6.07) is 12.8. The van der Waals surface area contributed by atoms with Crippen molar-refractivity contribution in [1.82, 2.24) is 4.98 Å². The number of aryl methyl sites for hydroxylation is 1. The number of thiazole rings is 1. The summed E-state index contributed by atoms with van der Waals surface area (Å²) in [6.07, 6.45) is 0. The van der Waals surface area contributed by atoms with Gasteiger partial charge in [0.2, 0.25) is 0 Å². The summed E-state index contributed by atoms with van der Waals surface area (Å²) >= 11 is 13.8. The zero-order valence-corrected chi connectivity index (χ0v) is 13.5. The fraction of sp³-hybridized carbons (Fsp3) is 0.0625. The lowest BCUT2D eigenvalue weighted by atomic mass is 10.1. The van der Waals surface area contributed by atoms with Gasteiger partial charge < -0.3 is 4.74 Å². The lowest BCUT2D eigenvalue weighted by Gasteiger charge is -2.08. The van der Waals surface area contributed by atoms with Gasteiger partial charge in [0.25, 0.3) is 0 Å². The van der Waals surface area contributed by atoms with Crippen LogP contribution in [0.4, 0.5) is 0 Å². The highest BCUT2D eigenvalue weighted by molar-refractivity contribution is 7.09. The molecule has 0 bridgehead atoms. The molecule has 0 spiro atoms. The van der Waals surface area contributed by atoms with Gasteiger partial charge in [0.05, 0.1) is 15.7 Å². The zero-order chi connectivity index (χ0) is 14.8. The predicted octanol–water partition coefficient (Wildman–Crippen LogP) is 6.22. The molecule has 1 aromatic heterocycles. The van der Waals surface area contributed by atoms with E-state index < -0.39 is 0 Å². The first kappa shape index (κ1) is 14.4. The summed E-state index contributed by atoms with van der Waals surface area (Å²) < 4.78 is 5.75. The first-order chi connectivity index (χ1) is 10.1. The summed E-state index contributed by atoms with van der Waals surface area (Å²) in [4.78, 5) is 4.44. The van der Waals surface area contributed by atoms with Gasteiger partial charge in [-0.3, -0.25) is 0 Å². The summed E-state index contributed by atoms with van der Waals surface area (Å²) in [5, 5.41) is 4.31. The summed E-state index contributed by atoms with van der Waals surface area (Å²) in [5.41, 5.74) is 1.80. The maximum absolute atomic E-state index is 6.33. The van der Waals surface area contributed by atoms with E-state index in [1.54, 1.807) is 29.5 Å². The number of nitrogens with zero attached hydrogens (tertiary/aromatic N) is 1. The third-order valence-corrected chi connectivity index (χ3v) is 4.22. The largest absolute Gasteiger partial charge is 0.457 e.